The van der Waals surface area contributed by atoms with E-state index < -0.39 is 20.0 Å². The van der Waals surface area contributed by atoms with Crippen molar-refractivity contribution < 1.29 is 32.9 Å². The molecule has 9 heteroatoms. The molecular formula is C74H146N2O6P+. The highest BCUT2D eigenvalue weighted by Crippen LogP contribution is 2.43. The summed E-state index contributed by atoms with van der Waals surface area (Å²) < 4.78 is 23.8. The summed E-state index contributed by atoms with van der Waals surface area (Å²) in [7, 11) is 1.57. The van der Waals surface area contributed by atoms with Gasteiger partial charge >= 0.3 is 7.82 Å². The van der Waals surface area contributed by atoms with Gasteiger partial charge in [-0.3, -0.25) is 13.8 Å². The second-order valence-corrected chi connectivity index (χ2v) is 28.1. The molecule has 492 valence electrons. The Kier molecular flexibility index (Phi) is 64.2. The number of phosphoric acid groups is 1. The number of hydrogen-bond acceptors (Lipinski definition) is 5. The number of carbonyl (C=O) groups excluding carboxylic acids is 1. The lowest BCUT2D eigenvalue weighted by Crippen LogP contribution is -2.45. The van der Waals surface area contributed by atoms with Crippen molar-refractivity contribution in [3.8, 4) is 0 Å². The van der Waals surface area contributed by atoms with Crippen molar-refractivity contribution in [2.45, 2.75) is 392 Å². The quantitative estimate of drug-likeness (QED) is 0.0243. The number of aliphatic hydroxyl groups is 1. The van der Waals surface area contributed by atoms with Gasteiger partial charge in [0.15, 0.2) is 0 Å². The number of likely N-dealkylation sites (N-methyl/N-ethyl adjacent to an activating group) is 1. The van der Waals surface area contributed by atoms with Crippen LogP contribution in [0.3, 0.4) is 0 Å². The van der Waals surface area contributed by atoms with E-state index in [0.29, 0.717) is 17.4 Å². The molecule has 0 aromatic heterocycles. The van der Waals surface area contributed by atoms with Gasteiger partial charge in [0.25, 0.3) is 0 Å². The predicted molar refractivity (Wildman–Crippen MR) is 365 cm³/mol. The van der Waals surface area contributed by atoms with Crippen LogP contribution in [0.5, 0.6) is 0 Å². The molecule has 0 bridgehead atoms. The Hall–Kier alpha value is -1.28. The number of carbonyl (C=O) groups is 1. The third kappa shape index (κ3) is 68.1. The second kappa shape index (κ2) is 65.2. The lowest BCUT2D eigenvalue weighted by atomic mass is 10.0. The molecule has 3 atom stereocenters. The summed E-state index contributed by atoms with van der Waals surface area (Å²) in [6.45, 7) is 4.86. The number of phosphoric ester groups is 1. The molecule has 8 nitrogen and oxygen atoms in total. The standard InChI is InChI=1S/C74H145N2O6P/c1-6-8-10-12-14-16-18-20-22-24-26-28-30-32-34-35-36-37-38-39-40-41-42-44-46-48-50-52-54-56-58-60-62-64-66-68-74(78)75-72(71-82-83(79,80)81-70-69-76(3,4)5)73(77)67-65-63-61-59-57-55-53-51-49-47-45-43-33-31-29-27-25-23-21-19-17-15-13-11-9-7-2/h24,26,57,59,65,67,72-73,77H,6-23,25,27-56,58,60-64,66,68-71H2,1-5H3,(H-,75,78,79,80)/p+1/b26-24-,59-57+,67-65+. The Balaban J connectivity index is 4.01. The average molecular weight is 1190 g/mol. The summed E-state index contributed by atoms with van der Waals surface area (Å²) in [5, 5.41) is 14.0. The van der Waals surface area contributed by atoms with Crippen molar-refractivity contribution in [1.82, 2.24) is 5.32 Å². The molecule has 0 spiro atoms. The fourth-order valence-electron chi connectivity index (χ4n) is 11.4. The van der Waals surface area contributed by atoms with Gasteiger partial charge in [-0.15, -0.1) is 0 Å². The van der Waals surface area contributed by atoms with Crippen LogP contribution in [0.25, 0.3) is 0 Å². The van der Waals surface area contributed by atoms with Crippen LogP contribution in [0.15, 0.2) is 36.5 Å². The van der Waals surface area contributed by atoms with E-state index in [1.807, 2.05) is 27.2 Å². The van der Waals surface area contributed by atoms with Crippen LogP contribution in [-0.2, 0) is 18.4 Å². The van der Waals surface area contributed by atoms with Crippen molar-refractivity contribution in [3.63, 3.8) is 0 Å². The molecule has 3 N–H and O–H groups in total. The second-order valence-electron chi connectivity index (χ2n) is 26.7. The Morgan fingerprint density at radius 1 is 0.398 bits per heavy atom. The number of quaternary nitrogens is 1. The number of aliphatic hydroxyl groups excluding tert-OH is 1. The van der Waals surface area contributed by atoms with E-state index in [0.717, 1.165) is 38.5 Å². The summed E-state index contributed by atoms with van der Waals surface area (Å²) in [5.74, 6) is -0.178. The summed E-state index contributed by atoms with van der Waals surface area (Å²) in [6, 6.07) is -0.863. The van der Waals surface area contributed by atoms with Gasteiger partial charge in [0.05, 0.1) is 39.9 Å². The number of rotatable bonds is 69. The topological polar surface area (TPSA) is 105 Å². The van der Waals surface area contributed by atoms with Crippen molar-refractivity contribution in [3.05, 3.63) is 36.5 Å². The zero-order valence-corrected chi connectivity index (χ0v) is 57.4. The minimum atomic E-state index is -4.36. The maximum Gasteiger partial charge on any atom is 0.472 e. The van der Waals surface area contributed by atoms with E-state index in [1.165, 1.54) is 321 Å². The van der Waals surface area contributed by atoms with Gasteiger partial charge in [0.2, 0.25) is 5.91 Å². The van der Waals surface area contributed by atoms with Gasteiger partial charge in [-0.2, -0.15) is 0 Å². The molecule has 83 heavy (non-hydrogen) atoms. The smallest absolute Gasteiger partial charge is 0.387 e. The molecule has 0 radical (unpaired) electrons. The van der Waals surface area contributed by atoms with Crippen LogP contribution in [0.2, 0.25) is 0 Å². The summed E-state index contributed by atoms with van der Waals surface area (Å²) in [6.07, 6.45) is 87.5. The van der Waals surface area contributed by atoms with Crippen molar-refractivity contribution >= 4 is 13.7 Å². The first-order chi connectivity index (χ1) is 40.5. The molecule has 0 aromatic rings. The van der Waals surface area contributed by atoms with Crippen LogP contribution in [0, 0.1) is 0 Å². The number of amides is 1. The highest BCUT2D eigenvalue weighted by molar-refractivity contribution is 7.47. The number of nitrogens with zero attached hydrogens (tertiary/aromatic N) is 1. The molecule has 0 aliphatic rings. The first-order valence-electron chi connectivity index (χ1n) is 36.9. The minimum Gasteiger partial charge on any atom is -0.387 e. The van der Waals surface area contributed by atoms with E-state index in [9.17, 15) is 19.4 Å². The number of unbranched alkanes of at least 4 members (excludes halogenated alkanes) is 52. The molecule has 3 unspecified atom stereocenters. The van der Waals surface area contributed by atoms with E-state index in [1.54, 1.807) is 6.08 Å². The average Bonchev–Trinajstić information content (AvgIpc) is 3.49. The fraction of sp³-hybridized carbons (Fsp3) is 0.905. The molecule has 0 saturated heterocycles. The van der Waals surface area contributed by atoms with Gasteiger partial charge in [-0.1, -0.05) is 352 Å². The van der Waals surface area contributed by atoms with E-state index in [-0.39, 0.29) is 19.1 Å². The largest absolute Gasteiger partial charge is 0.472 e. The zero-order chi connectivity index (χ0) is 60.5. The van der Waals surface area contributed by atoms with Crippen molar-refractivity contribution in [2.75, 3.05) is 40.9 Å². The van der Waals surface area contributed by atoms with Crippen molar-refractivity contribution in [1.29, 1.82) is 0 Å². The predicted octanol–water partition coefficient (Wildman–Crippen LogP) is 23.6. The molecule has 0 aromatic carbocycles. The third-order valence-corrected chi connectivity index (χ3v) is 18.1. The van der Waals surface area contributed by atoms with E-state index in [2.05, 4.69) is 43.5 Å². The van der Waals surface area contributed by atoms with E-state index >= 15 is 0 Å². The fourth-order valence-corrected chi connectivity index (χ4v) is 12.1. The molecule has 0 saturated carbocycles. The van der Waals surface area contributed by atoms with Gasteiger partial charge in [-0.25, -0.2) is 4.57 Å². The number of nitrogens with one attached hydrogen (secondary N) is 1. The van der Waals surface area contributed by atoms with Crippen molar-refractivity contribution in [2.24, 2.45) is 0 Å². The Labute approximate surface area is 518 Å². The van der Waals surface area contributed by atoms with Gasteiger partial charge in [0, 0.05) is 6.42 Å². The molecule has 1 amide bonds. The maximum absolute atomic E-state index is 13.1. The number of allylic oxidation sites excluding steroid dienone is 5. The molecule has 0 aliphatic carbocycles. The SMILES string of the molecule is CCCCCCCCCC/C=C\CCCCCCCCCCCCCCCCCCCCCCCCCC(=O)NC(COP(=O)(O)OCC[N+](C)(C)C)C(O)/C=C/CC/C=C/CCCCCCCCCCCCCCCCCCCCCC. The highest BCUT2D eigenvalue weighted by atomic mass is 31.2. The Bertz CT molecular complexity index is 1450. The first-order valence-corrected chi connectivity index (χ1v) is 38.4. The lowest BCUT2D eigenvalue weighted by molar-refractivity contribution is -0.870. The molecule has 0 aliphatic heterocycles. The molecule has 0 fully saturated rings. The Morgan fingerprint density at radius 2 is 0.663 bits per heavy atom. The monoisotopic (exact) mass is 1190 g/mol. The molecular weight excluding hydrogens is 1040 g/mol. The Morgan fingerprint density at radius 3 is 0.964 bits per heavy atom. The van der Waals surface area contributed by atoms with E-state index in [4.69, 9.17) is 9.05 Å². The van der Waals surface area contributed by atoms with Gasteiger partial charge < -0.3 is 19.8 Å². The van der Waals surface area contributed by atoms with Crippen LogP contribution in [0.4, 0.5) is 0 Å². The summed E-state index contributed by atoms with van der Waals surface area (Å²) in [4.78, 5) is 23.4. The van der Waals surface area contributed by atoms with Crippen LogP contribution in [0.1, 0.15) is 380 Å². The zero-order valence-electron chi connectivity index (χ0n) is 56.5. The van der Waals surface area contributed by atoms with Crippen LogP contribution in [-0.4, -0.2) is 73.4 Å². The summed E-state index contributed by atoms with van der Waals surface area (Å²) in [5.41, 5.74) is 0. The molecule has 0 heterocycles. The third-order valence-electron chi connectivity index (χ3n) is 17.1. The normalized spacial score (nSPS) is 13.8. The van der Waals surface area contributed by atoms with Crippen LogP contribution >= 0.6 is 7.82 Å². The number of hydrogen-bond donors (Lipinski definition) is 3. The maximum atomic E-state index is 13.1. The lowest BCUT2D eigenvalue weighted by Gasteiger charge is -2.25. The minimum absolute atomic E-state index is 0.0583. The molecule has 0 rings (SSSR count). The first kappa shape index (κ1) is 81.7. The summed E-state index contributed by atoms with van der Waals surface area (Å²) >= 11 is 0. The van der Waals surface area contributed by atoms with Gasteiger partial charge in [-0.05, 0) is 57.8 Å². The highest BCUT2D eigenvalue weighted by Gasteiger charge is 2.28. The van der Waals surface area contributed by atoms with Gasteiger partial charge in [0.1, 0.15) is 13.2 Å². The van der Waals surface area contributed by atoms with Crippen LogP contribution < -0.4 is 5.32 Å².